The van der Waals surface area contributed by atoms with Crippen molar-refractivity contribution < 1.29 is 14.3 Å². The zero-order valence-electron chi connectivity index (χ0n) is 18.3. The Kier molecular flexibility index (Phi) is 5.71. The summed E-state index contributed by atoms with van der Waals surface area (Å²) in [6.45, 7) is 3.85. The Morgan fingerprint density at radius 1 is 1.03 bits per heavy atom. The van der Waals surface area contributed by atoms with Crippen molar-refractivity contribution in [3.05, 3.63) is 59.8 Å². The quantitative estimate of drug-likeness (QED) is 0.657. The molecule has 1 aromatic heterocycles. The number of ether oxygens (including phenoxy) is 2. The van der Waals surface area contributed by atoms with Gasteiger partial charge in [0, 0.05) is 37.9 Å². The van der Waals surface area contributed by atoms with Crippen LogP contribution in [0.5, 0.6) is 11.5 Å². The van der Waals surface area contributed by atoms with Gasteiger partial charge in [0.1, 0.15) is 13.2 Å². The molecule has 0 radical (unpaired) electrons. The molecule has 3 heterocycles. The molecule has 0 unspecified atom stereocenters. The van der Waals surface area contributed by atoms with E-state index < -0.39 is 0 Å². The van der Waals surface area contributed by atoms with Gasteiger partial charge in [-0.3, -0.25) is 9.89 Å². The minimum Gasteiger partial charge on any atom is -0.486 e. The third-order valence-corrected chi connectivity index (χ3v) is 6.12. The van der Waals surface area contributed by atoms with Crippen molar-refractivity contribution in [1.29, 1.82) is 0 Å². The number of rotatable bonds is 5. The van der Waals surface area contributed by atoms with Crippen LogP contribution < -0.4 is 14.4 Å². The van der Waals surface area contributed by atoms with Crippen molar-refractivity contribution in [2.45, 2.75) is 25.8 Å². The number of carbonyl (C=O) groups excluding carboxylic acids is 1. The Labute approximate surface area is 187 Å². The van der Waals surface area contributed by atoms with Gasteiger partial charge in [-0.25, -0.2) is 0 Å². The summed E-state index contributed by atoms with van der Waals surface area (Å²) in [5, 5.41) is 7.11. The summed E-state index contributed by atoms with van der Waals surface area (Å²) in [4.78, 5) is 17.4. The monoisotopic (exact) mass is 432 g/mol. The Morgan fingerprint density at radius 2 is 1.78 bits per heavy atom. The van der Waals surface area contributed by atoms with E-state index in [-0.39, 0.29) is 5.91 Å². The molecule has 1 N–H and O–H groups in total. The van der Waals surface area contributed by atoms with Crippen LogP contribution in [0.15, 0.2) is 48.7 Å². The molecule has 3 aromatic rings. The van der Waals surface area contributed by atoms with E-state index in [1.807, 2.05) is 25.2 Å². The minimum atomic E-state index is -0.0799. The van der Waals surface area contributed by atoms with Gasteiger partial charge in [-0.05, 0) is 55.2 Å². The molecule has 7 heteroatoms. The Hall–Kier alpha value is -3.48. The summed E-state index contributed by atoms with van der Waals surface area (Å²) in [6, 6.07) is 14.2. The van der Waals surface area contributed by atoms with Gasteiger partial charge in [-0.2, -0.15) is 5.10 Å². The van der Waals surface area contributed by atoms with Crippen LogP contribution >= 0.6 is 0 Å². The minimum absolute atomic E-state index is 0.0799. The Balaban J connectivity index is 1.29. The molecule has 2 aliphatic rings. The molecule has 0 spiro atoms. The molecule has 0 atom stereocenters. The summed E-state index contributed by atoms with van der Waals surface area (Å²) in [6.07, 6.45) is 5.43. The summed E-state index contributed by atoms with van der Waals surface area (Å²) < 4.78 is 11.3. The lowest BCUT2D eigenvalue weighted by atomic mass is 10.1. The number of benzene rings is 2. The highest BCUT2D eigenvalue weighted by Crippen LogP contribution is 2.35. The third-order valence-electron chi connectivity index (χ3n) is 6.12. The standard InChI is InChI=1S/C25H28N4O3/c1-28(17-18-5-8-20(9-6-18)29-11-3-2-4-12-29)25(30)21-16-26-27-24(21)19-7-10-22-23(15-19)32-14-13-31-22/h5-10,15-16H,2-4,11-14,17H2,1H3,(H,26,27). The summed E-state index contributed by atoms with van der Waals surface area (Å²) >= 11 is 0. The van der Waals surface area contributed by atoms with Gasteiger partial charge in [-0.15, -0.1) is 0 Å². The number of fused-ring (bicyclic) bond motifs is 1. The largest absolute Gasteiger partial charge is 0.486 e. The molecule has 2 aromatic carbocycles. The van der Waals surface area contributed by atoms with Gasteiger partial charge in [0.2, 0.25) is 0 Å². The lowest BCUT2D eigenvalue weighted by Crippen LogP contribution is -2.29. The maximum absolute atomic E-state index is 13.2. The lowest BCUT2D eigenvalue weighted by molar-refractivity contribution is 0.0786. The molecular formula is C25H28N4O3. The van der Waals surface area contributed by atoms with E-state index in [1.165, 1.54) is 24.9 Å². The second kappa shape index (κ2) is 8.94. The number of aromatic amines is 1. The highest BCUT2D eigenvalue weighted by atomic mass is 16.6. The predicted octanol–water partition coefficient (Wildman–Crippen LogP) is 4.11. The first kappa shape index (κ1) is 20.4. The average Bonchev–Trinajstić information content (AvgIpc) is 3.34. The predicted molar refractivity (Wildman–Crippen MR) is 123 cm³/mol. The smallest absolute Gasteiger partial charge is 0.257 e. The van der Waals surface area contributed by atoms with Gasteiger partial charge in [0.25, 0.3) is 5.91 Å². The van der Waals surface area contributed by atoms with E-state index in [1.54, 1.807) is 11.1 Å². The number of piperidine rings is 1. The molecule has 2 aliphatic heterocycles. The van der Waals surface area contributed by atoms with E-state index in [0.29, 0.717) is 36.8 Å². The van der Waals surface area contributed by atoms with E-state index in [9.17, 15) is 4.79 Å². The second-order valence-corrected chi connectivity index (χ2v) is 8.39. The van der Waals surface area contributed by atoms with Crippen molar-refractivity contribution in [2.75, 3.05) is 38.3 Å². The first-order valence-corrected chi connectivity index (χ1v) is 11.2. The molecule has 0 saturated carbocycles. The number of hydrogen-bond acceptors (Lipinski definition) is 5. The number of aromatic nitrogens is 2. The number of hydrogen-bond donors (Lipinski definition) is 1. The van der Waals surface area contributed by atoms with Gasteiger partial charge in [-0.1, -0.05) is 12.1 Å². The van der Waals surface area contributed by atoms with Gasteiger partial charge >= 0.3 is 0 Å². The highest BCUT2D eigenvalue weighted by Gasteiger charge is 2.21. The fraction of sp³-hybridized carbons (Fsp3) is 0.360. The third kappa shape index (κ3) is 4.15. The molecule has 0 bridgehead atoms. The molecule has 1 amide bonds. The zero-order valence-corrected chi connectivity index (χ0v) is 18.3. The van der Waals surface area contributed by atoms with Crippen LogP contribution in [0, 0.1) is 0 Å². The van der Waals surface area contributed by atoms with Crippen LogP contribution in [0.2, 0.25) is 0 Å². The SMILES string of the molecule is CN(Cc1ccc(N2CCCCC2)cc1)C(=O)c1cn[nH]c1-c1ccc2c(c1)OCCO2. The fourth-order valence-corrected chi connectivity index (χ4v) is 4.38. The van der Waals surface area contributed by atoms with E-state index in [4.69, 9.17) is 9.47 Å². The van der Waals surface area contributed by atoms with Crippen molar-refractivity contribution >= 4 is 11.6 Å². The molecule has 1 saturated heterocycles. The molecule has 32 heavy (non-hydrogen) atoms. The molecule has 0 aliphatic carbocycles. The topological polar surface area (TPSA) is 70.7 Å². The molecule has 7 nitrogen and oxygen atoms in total. The summed E-state index contributed by atoms with van der Waals surface area (Å²) in [7, 11) is 1.82. The van der Waals surface area contributed by atoms with Crippen LogP contribution in [0.25, 0.3) is 11.3 Å². The first-order valence-electron chi connectivity index (χ1n) is 11.2. The number of anilines is 1. The van der Waals surface area contributed by atoms with E-state index in [2.05, 4.69) is 39.4 Å². The van der Waals surface area contributed by atoms with Crippen molar-refractivity contribution in [3.63, 3.8) is 0 Å². The lowest BCUT2D eigenvalue weighted by Gasteiger charge is -2.29. The number of amides is 1. The maximum Gasteiger partial charge on any atom is 0.257 e. The zero-order chi connectivity index (χ0) is 21.9. The van der Waals surface area contributed by atoms with E-state index >= 15 is 0 Å². The number of nitrogens with zero attached hydrogens (tertiary/aromatic N) is 3. The maximum atomic E-state index is 13.2. The van der Waals surface area contributed by atoms with Crippen LogP contribution in [-0.4, -0.2) is 54.4 Å². The molecule has 1 fully saturated rings. The van der Waals surface area contributed by atoms with Crippen LogP contribution in [-0.2, 0) is 6.54 Å². The number of H-pyrrole nitrogens is 1. The van der Waals surface area contributed by atoms with Gasteiger partial charge < -0.3 is 19.3 Å². The Bertz CT molecular complexity index is 1090. The van der Waals surface area contributed by atoms with Crippen LogP contribution in [0.3, 0.4) is 0 Å². The summed E-state index contributed by atoms with van der Waals surface area (Å²) in [5.41, 5.74) is 4.42. The highest BCUT2D eigenvalue weighted by molar-refractivity contribution is 5.99. The van der Waals surface area contributed by atoms with Crippen molar-refractivity contribution in [3.8, 4) is 22.8 Å². The normalized spacial score (nSPS) is 15.5. The van der Waals surface area contributed by atoms with Crippen molar-refractivity contribution in [2.24, 2.45) is 0 Å². The summed E-state index contributed by atoms with van der Waals surface area (Å²) in [5.74, 6) is 1.32. The molecule has 166 valence electrons. The Morgan fingerprint density at radius 3 is 2.56 bits per heavy atom. The molecular weight excluding hydrogens is 404 g/mol. The van der Waals surface area contributed by atoms with Crippen LogP contribution in [0.4, 0.5) is 5.69 Å². The fourth-order valence-electron chi connectivity index (χ4n) is 4.38. The number of carbonyl (C=O) groups is 1. The van der Waals surface area contributed by atoms with Crippen LogP contribution in [0.1, 0.15) is 35.2 Å². The van der Waals surface area contributed by atoms with Gasteiger partial charge in [0.05, 0.1) is 17.5 Å². The van der Waals surface area contributed by atoms with Crippen molar-refractivity contribution in [1.82, 2.24) is 15.1 Å². The van der Waals surface area contributed by atoms with Gasteiger partial charge in [0.15, 0.2) is 11.5 Å². The van der Waals surface area contributed by atoms with E-state index in [0.717, 1.165) is 30.0 Å². The average molecular weight is 433 g/mol. The second-order valence-electron chi connectivity index (χ2n) is 8.39. The number of nitrogens with one attached hydrogen (secondary N) is 1. The molecule has 5 rings (SSSR count). The first-order chi connectivity index (χ1) is 15.7.